The van der Waals surface area contributed by atoms with Crippen LogP contribution in [0.4, 0.5) is 0 Å². The number of carbonyl (C=O) groups excluding carboxylic acids is 1. The number of aryl methyl sites for hydroxylation is 1. The quantitative estimate of drug-likeness (QED) is 0.908. The predicted octanol–water partition coefficient (Wildman–Crippen LogP) is 2.07. The summed E-state index contributed by atoms with van der Waals surface area (Å²) in [6.07, 6.45) is 5.66. The third kappa shape index (κ3) is 2.14. The van der Waals surface area contributed by atoms with Gasteiger partial charge in [0.15, 0.2) is 0 Å². The highest BCUT2D eigenvalue weighted by Gasteiger charge is 2.47. The van der Waals surface area contributed by atoms with Crippen LogP contribution in [0.3, 0.4) is 0 Å². The Bertz CT molecular complexity index is 532. The second-order valence-corrected chi connectivity index (χ2v) is 6.69. The number of nitrogens with zero attached hydrogens (tertiary/aromatic N) is 1. The van der Waals surface area contributed by atoms with Crippen LogP contribution in [-0.2, 0) is 11.2 Å². The van der Waals surface area contributed by atoms with Crippen molar-refractivity contribution in [1.29, 1.82) is 0 Å². The van der Waals surface area contributed by atoms with Gasteiger partial charge in [-0.1, -0.05) is 24.3 Å². The average molecular weight is 270 g/mol. The Labute approximate surface area is 120 Å². The Kier molecular flexibility index (Phi) is 2.84. The van der Waals surface area contributed by atoms with Gasteiger partial charge >= 0.3 is 0 Å². The maximum absolute atomic E-state index is 12.6. The summed E-state index contributed by atoms with van der Waals surface area (Å²) in [5, 5.41) is 3.37. The van der Waals surface area contributed by atoms with Crippen LogP contribution < -0.4 is 5.32 Å². The Hall–Kier alpha value is -1.35. The molecule has 1 atom stereocenters. The molecule has 106 valence electrons. The van der Waals surface area contributed by atoms with Crippen LogP contribution in [-0.4, -0.2) is 36.0 Å². The van der Waals surface area contributed by atoms with Crippen LogP contribution >= 0.6 is 0 Å². The van der Waals surface area contributed by atoms with Gasteiger partial charge in [-0.2, -0.15) is 0 Å². The SMILES string of the molecule is O=C(NC1(CN2CCC2)CC1)C1CCc2ccccc21. The molecule has 1 aliphatic heterocycles. The second-order valence-electron chi connectivity index (χ2n) is 6.69. The van der Waals surface area contributed by atoms with Crippen LogP contribution in [0.15, 0.2) is 24.3 Å². The Morgan fingerprint density at radius 3 is 2.80 bits per heavy atom. The van der Waals surface area contributed by atoms with Gasteiger partial charge in [-0.25, -0.2) is 0 Å². The molecule has 2 aliphatic carbocycles. The molecule has 1 aromatic carbocycles. The van der Waals surface area contributed by atoms with Crippen LogP contribution in [0.5, 0.6) is 0 Å². The molecule has 1 aromatic rings. The fourth-order valence-electron chi connectivity index (χ4n) is 3.62. The molecule has 1 amide bonds. The molecule has 0 aromatic heterocycles. The van der Waals surface area contributed by atoms with Crippen LogP contribution in [0, 0.1) is 0 Å². The molecular weight excluding hydrogens is 248 g/mol. The monoisotopic (exact) mass is 270 g/mol. The largest absolute Gasteiger partial charge is 0.349 e. The molecule has 20 heavy (non-hydrogen) atoms. The standard InChI is InChI=1S/C17H22N2O/c20-16(15-7-6-13-4-1-2-5-14(13)15)18-17(8-9-17)12-19-10-3-11-19/h1-2,4-5,15H,3,6-12H2,(H,18,20). The first-order valence-electron chi connectivity index (χ1n) is 7.88. The summed E-state index contributed by atoms with van der Waals surface area (Å²) < 4.78 is 0. The molecule has 1 unspecified atom stereocenters. The lowest BCUT2D eigenvalue weighted by Gasteiger charge is -2.35. The Morgan fingerprint density at radius 2 is 2.10 bits per heavy atom. The minimum Gasteiger partial charge on any atom is -0.349 e. The summed E-state index contributed by atoms with van der Waals surface area (Å²) in [7, 11) is 0. The normalized spacial score (nSPS) is 26.7. The van der Waals surface area contributed by atoms with Crippen molar-refractivity contribution in [3.05, 3.63) is 35.4 Å². The summed E-state index contributed by atoms with van der Waals surface area (Å²) in [6, 6.07) is 8.42. The van der Waals surface area contributed by atoms with E-state index >= 15 is 0 Å². The van der Waals surface area contributed by atoms with Crippen molar-refractivity contribution in [2.75, 3.05) is 19.6 Å². The number of benzene rings is 1. The van der Waals surface area contributed by atoms with Gasteiger partial charge < -0.3 is 10.2 Å². The summed E-state index contributed by atoms with van der Waals surface area (Å²) in [6.45, 7) is 3.49. The maximum Gasteiger partial charge on any atom is 0.228 e. The number of likely N-dealkylation sites (tertiary alicyclic amines) is 1. The van der Waals surface area contributed by atoms with E-state index in [2.05, 4.69) is 34.5 Å². The van der Waals surface area contributed by atoms with Gasteiger partial charge in [0.1, 0.15) is 0 Å². The van der Waals surface area contributed by atoms with Crippen molar-refractivity contribution in [3.8, 4) is 0 Å². The van der Waals surface area contributed by atoms with E-state index in [9.17, 15) is 4.79 Å². The summed E-state index contributed by atoms with van der Waals surface area (Å²) in [5.41, 5.74) is 2.72. The number of fused-ring (bicyclic) bond motifs is 1. The topological polar surface area (TPSA) is 32.3 Å². The molecule has 3 nitrogen and oxygen atoms in total. The third-order valence-corrected chi connectivity index (χ3v) is 5.17. The first kappa shape index (κ1) is 12.4. The van der Waals surface area contributed by atoms with E-state index < -0.39 is 0 Å². The fourth-order valence-corrected chi connectivity index (χ4v) is 3.62. The highest BCUT2D eigenvalue weighted by atomic mass is 16.2. The van der Waals surface area contributed by atoms with Gasteiger partial charge in [0.25, 0.3) is 0 Å². The van der Waals surface area contributed by atoms with Gasteiger partial charge in [0.05, 0.1) is 11.5 Å². The number of carbonyl (C=O) groups is 1. The molecule has 3 aliphatic rings. The fraction of sp³-hybridized carbons (Fsp3) is 0.588. The van der Waals surface area contributed by atoms with Gasteiger partial charge in [0.2, 0.25) is 5.91 Å². The zero-order valence-electron chi connectivity index (χ0n) is 11.9. The van der Waals surface area contributed by atoms with Gasteiger partial charge in [0, 0.05) is 6.54 Å². The number of rotatable bonds is 4. The zero-order chi connectivity index (χ0) is 13.6. The molecule has 4 rings (SSSR count). The highest BCUT2D eigenvalue weighted by Crippen LogP contribution is 2.39. The molecule has 1 saturated heterocycles. The number of amides is 1. The number of nitrogens with one attached hydrogen (secondary N) is 1. The molecule has 0 radical (unpaired) electrons. The molecule has 1 heterocycles. The Balaban J connectivity index is 1.43. The van der Waals surface area contributed by atoms with E-state index in [0.29, 0.717) is 0 Å². The van der Waals surface area contributed by atoms with Gasteiger partial charge in [-0.15, -0.1) is 0 Å². The lowest BCUT2D eigenvalue weighted by Crippen LogP contribution is -2.50. The van der Waals surface area contributed by atoms with E-state index in [0.717, 1.165) is 32.2 Å². The molecule has 0 bridgehead atoms. The molecule has 2 fully saturated rings. The highest BCUT2D eigenvalue weighted by molar-refractivity contribution is 5.86. The summed E-state index contributed by atoms with van der Waals surface area (Å²) in [5.74, 6) is 0.341. The van der Waals surface area contributed by atoms with Crippen LogP contribution in [0.2, 0.25) is 0 Å². The lowest BCUT2D eigenvalue weighted by molar-refractivity contribution is -0.123. The van der Waals surface area contributed by atoms with Crippen molar-refractivity contribution in [1.82, 2.24) is 10.2 Å². The van der Waals surface area contributed by atoms with Crippen molar-refractivity contribution in [2.24, 2.45) is 0 Å². The number of hydrogen-bond acceptors (Lipinski definition) is 2. The van der Waals surface area contributed by atoms with Crippen molar-refractivity contribution in [3.63, 3.8) is 0 Å². The summed E-state index contributed by atoms with van der Waals surface area (Å²) in [4.78, 5) is 15.1. The number of hydrogen-bond donors (Lipinski definition) is 1. The van der Waals surface area contributed by atoms with Crippen molar-refractivity contribution in [2.45, 2.75) is 43.6 Å². The van der Waals surface area contributed by atoms with E-state index in [-0.39, 0.29) is 17.4 Å². The van der Waals surface area contributed by atoms with E-state index in [4.69, 9.17) is 0 Å². The smallest absolute Gasteiger partial charge is 0.228 e. The van der Waals surface area contributed by atoms with E-state index in [1.54, 1.807) is 0 Å². The van der Waals surface area contributed by atoms with E-state index in [1.807, 2.05) is 0 Å². The van der Waals surface area contributed by atoms with Crippen LogP contribution in [0.1, 0.15) is 42.7 Å². The van der Waals surface area contributed by atoms with Crippen LogP contribution in [0.25, 0.3) is 0 Å². The lowest BCUT2D eigenvalue weighted by atomic mass is 9.99. The first-order chi connectivity index (χ1) is 9.76. The molecule has 0 spiro atoms. The maximum atomic E-state index is 12.6. The minimum atomic E-state index is 0.0834. The van der Waals surface area contributed by atoms with Gasteiger partial charge in [-0.3, -0.25) is 4.79 Å². The van der Waals surface area contributed by atoms with Gasteiger partial charge in [-0.05, 0) is 56.3 Å². The van der Waals surface area contributed by atoms with E-state index in [1.165, 1.54) is 30.6 Å². The molecule has 3 heteroatoms. The average Bonchev–Trinajstić information content (AvgIpc) is 3.02. The Morgan fingerprint density at radius 1 is 1.30 bits per heavy atom. The van der Waals surface area contributed by atoms with Crippen molar-refractivity contribution < 1.29 is 4.79 Å². The zero-order valence-corrected chi connectivity index (χ0v) is 11.9. The predicted molar refractivity (Wildman–Crippen MR) is 78.7 cm³/mol. The first-order valence-corrected chi connectivity index (χ1v) is 7.88. The minimum absolute atomic E-state index is 0.0834. The summed E-state index contributed by atoms with van der Waals surface area (Å²) >= 11 is 0. The van der Waals surface area contributed by atoms with Crippen molar-refractivity contribution >= 4 is 5.91 Å². The second kappa shape index (κ2) is 4.59. The molecule has 1 saturated carbocycles. The molecule has 1 N–H and O–H groups in total. The third-order valence-electron chi connectivity index (χ3n) is 5.17. The molecular formula is C17H22N2O.